The molecule has 0 spiro atoms. The van der Waals surface area contributed by atoms with Crippen molar-refractivity contribution in [2.24, 2.45) is 0 Å². The summed E-state index contributed by atoms with van der Waals surface area (Å²) in [7, 11) is 1.86. The number of aromatic nitrogens is 2. The van der Waals surface area contributed by atoms with E-state index in [1.165, 1.54) is 5.56 Å². The van der Waals surface area contributed by atoms with Gasteiger partial charge < -0.3 is 15.4 Å². The van der Waals surface area contributed by atoms with Crippen molar-refractivity contribution >= 4 is 11.6 Å². The van der Waals surface area contributed by atoms with Crippen molar-refractivity contribution in [3.8, 4) is 5.75 Å². The molecular formula is C15H18N4O. The number of nitrogens with one attached hydrogen (secondary N) is 2. The van der Waals surface area contributed by atoms with Gasteiger partial charge in [-0.15, -0.1) is 0 Å². The van der Waals surface area contributed by atoms with Crippen molar-refractivity contribution in [2.45, 2.75) is 19.4 Å². The molecule has 0 aliphatic carbocycles. The Hall–Kier alpha value is -2.30. The molecule has 0 fully saturated rings. The van der Waals surface area contributed by atoms with Crippen LogP contribution in [0.3, 0.4) is 0 Å². The molecule has 20 heavy (non-hydrogen) atoms. The Morgan fingerprint density at radius 1 is 1.25 bits per heavy atom. The zero-order valence-electron chi connectivity index (χ0n) is 11.7. The third-order valence-electron chi connectivity index (χ3n) is 3.53. The van der Waals surface area contributed by atoms with Crippen LogP contribution in [0.25, 0.3) is 0 Å². The average molecular weight is 270 g/mol. The molecule has 1 unspecified atom stereocenters. The third-order valence-corrected chi connectivity index (χ3v) is 3.53. The number of nitrogens with zero attached hydrogens (tertiary/aromatic N) is 2. The van der Waals surface area contributed by atoms with E-state index in [2.05, 4.69) is 26.7 Å². The summed E-state index contributed by atoms with van der Waals surface area (Å²) < 4.78 is 5.90. The highest BCUT2D eigenvalue weighted by atomic mass is 16.5. The highest BCUT2D eigenvalue weighted by molar-refractivity contribution is 5.56. The summed E-state index contributed by atoms with van der Waals surface area (Å²) in [5.41, 5.74) is 2.29. The van der Waals surface area contributed by atoms with Crippen LogP contribution >= 0.6 is 0 Å². The predicted molar refractivity (Wildman–Crippen MR) is 79.4 cm³/mol. The maximum Gasteiger partial charge on any atom is 0.134 e. The van der Waals surface area contributed by atoms with E-state index in [0.29, 0.717) is 0 Å². The van der Waals surface area contributed by atoms with Crippen LogP contribution in [0.2, 0.25) is 0 Å². The Morgan fingerprint density at radius 3 is 2.85 bits per heavy atom. The van der Waals surface area contributed by atoms with Crippen molar-refractivity contribution < 1.29 is 4.74 Å². The van der Waals surface area contributed by atoms with E-state index in [1.807, 2.05) is 32.2 Å². The summed E-state index contributed by atoms with van der Waals surface area (Å²) in [5, 5.41) is 6.40. The largest absolute Gasteiger partial charge is 0.488 e. The topological polar surface area (TPSA) is 59.1 Å². The fraction of sp³-hybridized carbons (Fsp3) is 0.333. The zero-order valence-corrected chi connectivity index (χ0v) is 11.7. The third kappa shape index (κ3) is 2.39. The summed E-state index contributed by atoms with van der Waals surface area (Å²) in [4.78, 5) is 8.46. The number of fused-ring (bicyclic) bond motifs is 1. The first-order valence-electron chi connectivity index (χ1n) is 6.75. The van der Waals surface area contributed by atoms with Crippen molar-refractivity contribution in [3.05, 3.63) is 41.7 Å². The molecule has 0 bridgehead atoms. The van der Waals surface area contributed by atoms with Crippen LogP contribution in [0.5, 0.6) is 5.75 Å². The zero-order chi connectivity index (χ0) is 13.9. The van der Waals surface area contributed by atoms with Gasteiger partial charge >= 0.3 is 0 Å². The van der Waals surface area contributed by atoms with E-state index in [9.17, 15) is 0 Å². The van der Waals surface area contributed by atoms with E-state index in [4.69, 9.17) is 4.74 Å². The summed E-state index contributed by atoms with van der Waals surface area (Å²) >= 11 is 0. The first-order valence-corrected chi connectivity index (χ1v) is 6.75. The van der Waals surface area contributed by atoms with Crippen molar-refractivity contribution in [2.75, 3.05) is 24.2 Å². The Bertz CT molecular complexity index is 590. The molecule has 1 aliphatic rings. The number of hydrogen-bond donors (Lipinski definition) is 2. The molecule has 2 heterocycles. The van der Waals surface area contributed by atoms with Crippen LogP contribution < -0.4 is 15.4 Å². The van der Waals surface area contributed by atoms with Crippen LogP contribution in [0.1, 0.15) is 11.1 Å². The van der Waals surface area contributed by atoms with E-state index in [1.54, 1.807) is 6.33 Å². The van der Waals surface area contributed by atoms with Crippen molar-refractivity contribution in [3.63, 3.8) is 0 Å². The monoisotopic (exact) mass is 270 g/mol. The van der Waals surface area contributed by atoms with Gasteiger partial charge in [0.1, 0.15) is 29.8 Å². The number of para-hydroxylation sites is 1. The SMILES string of the molecule is CNc1ncnc(NCC2Cc3ccccc3O2)c1C. The molecule has 2 N–H and O–H groups in total. The number of hydrogen-bond acceptors (Lipinski definition) is 5. The lowest BCUT2D eigenvalue weighted by atomic mass is 10.1. The summed E-state index contributed by atoms with van der Waals surface area (Å²) in [6, 6.07) is 8.18. The van der Waals surface area contributed by atoms with Crippen LogP contribution in [-0.4, -0.2) is 29.7 Å². The van der Waals surface area contributed by atoms with Crippen LogP contribution in [-0.2, 0) is 6.42 Å². The van der Waals surface area contributed by atoms with Gasteiger partial charge in [-0.25, -0.2) is 9.97 Å². The van der Waals surface area contributed by atoms with Crippen LogP contribution in [0.15, 0.2) is 30.6 Å². The number of benzene rings is 1. The molecule has 0 radical (unpaired) electrons. The van der Waals surface area contributed by atoms with E-state index in [0.717, 1.165) is 35.9 Å². The molecule has 104 valence electrons. The quantitative estimate of drug-likeness (QED) is 0.892. The first-order chi connectivity index (χ1) is 9.78. The normalized spacial score (nSPS) is 16.4. The number of anilines is 2. The molecule has 0 amide bonds. The van der Waals surface area contributed by atoms with Gasteiger partial charge in [-0.2, -0.15) is 0 Å². The lowest BCUT2D eigenvalue weighted by Gasteiger charge is -2.14. The molecule has 2 aromatic rings. The van der Waals surface area contributed by atoms with E-state index < -0.39 is 0 Å². The Balaban J connectivity index is 1.64. The van der Waals surface area contributed by atoms with Gasteiger partial charge in [-0.3, -0.25) is 0 Å². The van der Waals surface area contributed by atoms with Crippen LogP contribution in [0.4, 0.5) is 11.6 Å². The molecule has 3 rings (SSSR count). The number of ether oxygens (including phenoxy) is 1. The smallest absolute Gasteiger partial charge is 0.134 e. The Labute approximate surface area is 118 Å². The van der Waals surface area contributed by atoms with Gasteiger partial charge in [0.25, 0.3) is 0 Å². The minimum absolute atomic E-state index is 0.153. The maximum absolute atomic E-state index is 5.90. The second kappa shape index (κ2) is 5.36. The van der Waals surface area contributed by atoms with Crippen molar-refractivity contribution in [1.82, 2.24) is 9.97 Å². The molecule has 1 aromatic heterocycles. The van der Waals surface area contributed by atoms with Gasteiger partial charge in [0.15, 0.2) is 0 Å². The highest BCUT2D eigenvalue weighted by Gasteiger charge is 2.22. The number of rotatable bonds is 4. The van der Waals surface area contributed by atoms with Crippen LogP contribution in [0, 0.1) is 6.92 Å². The fourth-order valence-corrected chi connectivity index (χ4v) is 2.46. The molecule has 5 nitrogen and oxygen atoms in total. The lowest BCUT2D eigenvalue weighted by Crippen LogP contribution is -2.24. The summed E-state index contributed by atoms with van der Waals surface area (Å²) in [5.74, 6) is 2.69. The molecule has 1 aromatic carbocycles. The van der Waals surface area contributed by atoms with E-state index in [-0.39, 0.29) is 6.10 Å². The minimum Gasteiger partial charge on any atom is -0.488 e. The van der Waals surface area contributed by atoms with Gasteiger partial charge in [-0.05, 0) is 18.6 Å². The molecular weight excluding hydrogens is 252 g/mol. The summed E-state index contributed by atoms with van der Waals surface area (Å²) in [6.07, 6.45) is 2.65. The van der Waals surface area contributed by atoms with Crippen molar-refractivity contribution in [1.29, 1.82) is 0 Å². The fourth-order valence-electron chi connectivity index (χ4n) is 2.46. The standard InChI is InChI=1S/C15H18N4O/c1-10-14(16-2)18-9-19-15(10)17-8-12-7-11-5-3-4-6-13(11)20-12/h3-6,9,12H,7-8H2,1-2H3,(H2,16,17,18,19). The highest BCUT2D eigenvalue weighted by Crippen LogP contribution is 2.28. The van der Waals surface area contributed by atoms with Gasteiger partial charge in [-0.1, -0.05) is 18.2 Å². The molecule has 1 atom stereocenters. The molecule has 1 aliphatic heterocycles. The Morgan fingerprint density at radius 2 is 2.05 bits per heavy atom. The lowest BCUT2D eigenvalue weighted by molar-refractivity contribution is 0.246. The summed E-state index contributed by atoms with van der Waals surface area (Å²) in [6.45, 7) is 2.73. The van der Waals surface area contributed by atoms with Gasteiger partial charge in [0.2, 0.25) is 0 Å². The molecule has 0 saturated carbocycles. The molecule has 5 heteroatoms. The second-order valence-corrected chi connectivity index (χ2v) is 4.88. The second-order valence-electron chi connectivity index (χ2n) is 4.88. The van der Waals surface area contributed by atoms with Gasteiger partial charge in [0, 0.05) is 19.0 Å². The maximum atomic E-state index is 5.90. The average Bonchev–Trinajstić information content (AvgIpc) is 2.89. The minimum atomic E-state index is 0.153. The first kappa shape index (κ1) is 12.7. The van der Waals surface area contributed by atoms with Gasteiger partial charge in [0.05, 0.1) is 6.54 Å². The van der Waals surface area contributed by atoms with E-state index >= 15 is 0 Å². The Kier molecular flexibility index (Phi) is 3.41. The predicted octanol–water partition coefficient (Wildman–Crippen LogP) is 2.24. The molecule has 0 saturated heterocycles.